The van der Waals surface area contributed by atoms with Crippen LogP contribution in [0.5, 0.6) is 5.75 Å². The minimum Gasteiger partial charge on any atom is -0.748 e. The third-order valence-electron chi connectivity index (χ3n) is 10.8. The Balaban J connectivity index is 0.00000683. The van der Waals surface area contributed by atoms with Gasteiger partial charge in [-0.1, -0.05) is 60.7 Å². The number of nitrogens with one attached hydrogen (secondary N) is 2. The van der Waals surface area contributed by atoms with Crippen molar-refractivity contribution in [1.29, 1.82) is 0 Å². The van der Waals surface area contributed by atoms with E-state index < -0.39 is 76.9 Å². The summed E-state index contributed by atoms with van der Waals surface area (Å²) in [5.74, 6) is -2.24. The predicted molar refractivity (Wildman–Crippen MR) is 211 cm³/mol. The van der Waals surface area contributed by atoms with Gasteiger partial charge < -0.3 is 55.5 Å². The van der Waals surface area contributed by atoms with E-state index in [9.17, 15) is 57.6 Å². The number of aliphatic hydroxyl groups excluding tert-OH is 5. The molecular formula is C42H47FN3NaO12S. The van der Waals surface area contributed by atoms with Crippen LogP contribution in [0.2, 0.25) is 0 Å². The van der Waals surface area contributed by atoms with Crippen LogP contribution in [-0.4, -0.2) is 105 Å². The maximum absolute atomic E-state index is 13.8. The van der Waals surface area contributed by atoms with Gasteiger partial charge in [0.1, 0.15) is 42.1 Å². The van der Waals surface area contributed by atoms with Crippen LogP contribution in [0.4, 0.5) is 10.1 Å². The molecule has 316 valence electrons. The van der Waals surface area contributed by atoms with Crippen LogP contribution in [0.15, 0.2) is 91.0 Å². The molecule has 2 amide bonds. The number of phenolic OH excluding ortho intramolecular Hbond substituents is 1. The van der Waals surface area contributed by atoms with E-state index in [2.05, 4.69) is 10.6 Å². The van der Waals surface area contributed by atoms with Crippen molar-refractivity contribution in [2.45, 2.75) is 68.5 Å². The zero-order valence-corrected chi connectivity index (χ0v) is 35.6. The molecule has 4 aromatic carbocycles. The van der Waals surface area contributed by atoms with Gasteiger partial charge in [-0.3, -0.25) is 9.59 Å². The molecule has 0 aliphatic carbocycles. The molecule has 8 N–H and O–H groups in total. The van der Waals surface area contributed by atoms with Crippen LogP contribution in [0.3, 0.4) is 0 Å². The third kappa shape index (κ3) is 11.4. The van der Waals surface area contributed by atoms with E-state index in [0.29, 0.717) is 33.5 Å². The van der Waals surface area contributed by atoms with Gasteiger partial charge in [0.15, 0.2) is 0 Å². The molecule has 2 saturated heterocycles. The largest absolute Gasteiger partial charge is 1.00 e. The van der Waals surface area contributed by atoms with Crippen LogP contribution in [0.25, 0.3) is 11.1 Å². The molecule has 15 nitrogen and oxygen atoms in total. The SMILES string of the molecule is O=C(CCNCCS(=O)(=O)[O-])NCc1ccc(N2C(=O)[C@H](CC[C@H](O)c3ccc(F)cc3)[C@H]2c2ccc(-c3ccc(C4O[C@H](CO)[C@@H](O)[C@H](O)[C@H]4O)cc3)cc2O)cc1.[Na+]. The fraction of sp³-hybridized carbons (Fsp3) is 0.381. The maximum Gasteiger partial charge on any atom is 1.00 e. The summed E-state index contributed by atoms with van der Waals surface area (Å²) in [5, 5.41) is 68.4. The van der Waals surface area contributed by atoms with Gasteiger partial charge in [0.05, 0.1) is 40.5 Å². The number of aromatic hydroxyl groups is 1. The van der Waals surface area contributed by atoms with Crippen LogP contribution in [0.1, 0.15) is 59.8 Å². The fourth-order valence-corrected chi connectivity index (χ4v) is 7.86. The topological polar surface area (TPSA) is 249 Å². The monoisotopic (exact) mass is 859 g/mol. The Morgan fingerprint density at radius 1 is 0.900 bits per heavy atom. The number of β-lactam (4-membered cyclic amide) rings is 1. The maximum atomic E-state index is 13.8. The summed E-state index contributed by atoms with van der Waals surface area (Å²) >= 11 is 0. The van der Waals surface area contributed by atoms with Gasteiger partial charge in [-0.2, -0.15) is 0 Å². The summed E-state index contributed by atoms with van der Waals surface area (Å²) in [6, 6.07) is 23.7. The summed E-state index contributed by atoms with van der Waals surface area (Å²) < 4.78 is 51.4. The van der Waals surface area contributed by atoms with Crippen molar-refractivity contribution >= 4 is 27.6 Å². The van der Waals surface area contributed by atoms with E-state index >= 15 is 0 Å². The molecule has 0 bridgehead atoms. The van der Waals surface area contributed by atoms with Gasteiger partial charge in [-0.25, -0.2) is 12.8 Å². The Labute approximate surface area is 368 Å². The van der Waals surface area contributed by atoms with Gasteiger partial charge in [0.25, 0.3) is 0 Å². The number of hydrogen-bond acceptors (Lipinski definition) is 13. The molecule has 1 unspecified atom stereocenters. The zero-order chi connectivity index (χ0) is 42.4. The van der Waals surface area contributed by atoms with Crippen LogP contribution >= 0.6 is 0 Å². The van der Waals surface area contributed by atoms with Gasteiger partial charge in [0.2, 0.25) is 11.8 Å². The number of carbonyl (C=O) groups excluding carboxylic acids is 2. The summed E-state index contributed by atoms with van der Waals surface area (Å²) in [5.41, 5.74) is 4.06. The molecule has 60 heavy (non-hydrogen) atoms. The minimum absolute atomic E-state index is 0. The number of aliphatic hydroxyl groups is 5. The zero-order valence-electron chi connectivity index (χ0n) is 32.8. The summed E-state index contributed by atoms with van der Waals surface area (Å²) in [6.07, 6.45) is -6.97. The van der Waals surface area contributed by atoms with E-state index in [-0.39, 0.29) is 86.0 Å². The molecule has 8 atom stereocenters. The smallest absolute Gasteiger partial charge is 0.748 e. The van der Waals surface area contributed by atoms with Crippen LogP contribution in [-0.2, 0) is 31.0 Å². The van der Waals surface area contributed by atoms with E-state index in [4.69, 9.17) is 4.74 Å². The molecule has 6 rings (SSSR count). The van der Waals surface area contributed by atoms with E-state index in [1.54, 1.807) is 71.6 Å². The first-order valence-corrected chi connectivity index (χ1v) is 20.7. The number of nitrogens with zero attached hydrogens (tertiary/aromatic N) is 1. The second-order valence-electron chi connectivity index (χ2n) is 14.8. The van der Waals surface area contributed by atoms with Crippen molar-refractivity contribution < 1.29 is 91.9 Å². The van der Waals surface area contributed by atoms with Crippen molar-refractivity contribution in [2.75, 3.05) is 30.3 Å². The Morgan fingerprint density at radius 2 is 1.57 bits per heavy atom. The summed E-state index contributed by atoms with van der Waals surface area (Å²) in [4.78, 5) is 27.7. The van der Waals surface area contributed by atoms with Crippen molar-refractivity contribution in [3.63, 3.8) is 0 Å². The van der Waals surface area contributed by atoms with Crippen molar-refractivity contribution in [1.82, 2.24) is 10.6 Å². The van der Waals surface area contributed by atoms with Gasteiger partial charge >= 0.3 is 29.6 Å². The quantitative estimate of drug-likeness (QED) is 0.0277. The second-order valence-corrected chi connectivity index (χ2v) is 16.3. The van der Waals surface area contributed by atoms with Crippen molar-refractivity contribution in [3.8, 4) is 16.9 Å². The molecule has 2 aliphatic heterocycles. The Bertz CT molecular complexity index is 2180. The van der Waals surface area contributed by atoms with E-state index in [0.717, 1.165) is 5.56 Å². The van der Waals surface area contributed by atoms with Crippen molar-refractivity contribution in [2.24, 2.45) is 5.92 Å². The summed E-state index contributed by atoms with van der Waals surface area (Å²) in [7, 11) is -4.34. The minimum atomic E-state index is -4.34. The first-order valence-electron chi connectivity index (χ1n) is 19.2. The molecule has 0 spiro atoms. The average Bonchev–Trinajstić information content (AvgIpc) is 3.21. The van der Waals surface area contributed by atoms with Crippen molar-refractivity contribution in [3.05, 3.63) is 119 Å². The number of halogens is 1. The first kappa shape index (κ1) is 47.2. The van der Waals surface area contributed by atoms with Crippen LogP contribution in [0, 0.1) is 11.7 Å². The van der Waals surface area contributed by atoms with Gasteiger partial charge in [-0.05, 0) is 71.0 Å². The number of ether oxygens (including phenoxy) is 1. The second kappa shape index (κ2) is 20.8. The number of rotatable bonds is 17. The number of amides is 2. The van der Waals surface area contributed by atoms with Gasteiger partial charge in [-0.15, -0.1) is 0 Å². The fourth-order valence-electron chi connectivity index (χ4n) is 7.47. The first-order chi connectivity index (χ1) is 28.1. The predicted octanol–water partition coefficient (Wildman–Crippen LogP) is -0.924. The number of anilines is 1. The van der Waals surface area contributed by atoms with E-state index in [1.165, 1.54) is 24.3 Å². The Kier molecular flexibility index (Phi) is 16.4. The molecule has 0 saturated carbocycles. The normalized spacial score (nSPS) is 23.4. The summed E-state index contributed by atoms with van der Waals surface area (Å²) in [6.45, 7) is -0.241. The molecule has 2 fully saturated rings. The standard InChI is InChI=1S/C42H48FN3O12S.Na/c43-29-10-7-26(8-11-29)33(48)16-15-32-37(46(42(32)54)30-12-1-24(2-13-30)22-45-36(50)17-18-44-19-20-59(55,56)57)31-14-9-28(21-34(31)49)25-3-5-27(6-4-25)41-40(53)39(52)38(51)35(23-47)58-41;/h1-14,21,32-33,35,37-41,44,47-49,51-53H,15-20,22-23H2,(H,45,50)(H,55,56,57);/q;+1/p-1/t32-,33+,35-,37-,38-,39+,40-,41?;/m1./s1. The molecule has 18 heteroatoms. The average molecular weight is 860 g/mol. The van der Waals surface area contributed by atoms with Gasteiger partial charge in [0, 0.05) is 37.3 Å². The molecular weight excluding hydrogens is 813 g/mol. The number of carbonyl (C=O) groups is 2. The number of hydrogen-bond donors (Lipinski definition) is 8. The molecule has 4 aromatic rings. The Hall–Kier alpha value is -3.82. The number of benzene rings is 4. The number of phenols is 1. The molecule has 0 aromatic heterocycles. The molecule has 0 radical (unpaired) electrons. The molecule has 2 heterocycles. The van der Waals surface area contributed by atoms with Crippen LogP contribution < -0.4 is 45.1 Å². The molecule has 2 aliphatic rings. The third-order valence-corrected chi connectivity index (χ3v) is 11.5. The van der Waals surface area contributed by atoms with E-state index in [1.807, 2.05) is 0 Å². The Morgan fingerprint density at radius 3 is 2.20 bits per heavy atom.